The lowest BCUT2D eigenvalue weighted by molar-refractivity contribution is -0.119. The average molecular weight is 348 g/mol. The number of thioether (sulfide) groups is 1. The lowest BCUT2D eigenvalue weighted by Gasteiger charge is -2.15. The summed E-state index contributed by atoms with van der Waals surface area (Å²) in [5, 5.41) is 10.1. The number of aromatic nitrogens is 3. The summed E-state index contributed by atoms with van der Waals surface area (Å²) >= 11 is 1.32. The van der Waals surface area contributed by atoms with E-state index in [1.807, 2.05) is 31.2 Å². The zero-order valence-electron chi connectivity index (χ0n) is 14.3. The van der Waals surface area contributed by atoms with Crippen molar-refractivity contribution in [1.29, 1.82) is 0 Å². The molecule has 1 aromatic carbocycles. The Hall–Kier alpha value is -2.02. The Bertz CT molecular complexity index is 614. The fourth-order valence-electron chi connectivity index (χ4n) is 2.03. The average Bonchev–Trinajstić information content (AvgIpc) is 3.06. The molecule has 0 saturated heterocycles. The second-order valence-corrected chi connectivity index (χ2v) is 6.93. The van der Waals surface area contributed by atoms with Crippen LogP contribution in [-0.4, -0.2) is 33.4 Å². The molecule has 24 heavy (non-hydrogen) atoms. The van der Waals surface area contributed by atoms with Crippen molar-refractivity contribution in [2.75, 3.05) is 12.4 Å². The highest BCUT2D eigenvalue weighted by molar-refractivity contribution is 7.99. The minimum absolute atomic E-state index is 0.0406. The summed E-state index contributed by atoms with van der Waals surface area (Å²) in [6.07, 6.45) is 2.46. The SMILES string of the molecule is CC(C)CCOc1ccc([C@@H](C)NC(=O)CSc2ncn[nH]2)cc1. The van der Waals surface area contributed by atoms with E-state index in [9.17, 15) is 4.79 Å². The van der Waals surface area contributed by atoms with E-state index in [1.54, 1.807) is 0 Å². The molecule has 0 aliphatic rings. The molecule has 0 aliphatic carbocycles. The van der Waals surface area contributed by atoms with Crippen molar-refractivity contribution in [3.05, 3.63) is 36.2 Å². The van der Waals surface area contributed by atoms with Crippen molar-refractivity contribution in [3.8, 4) is 5.75 Å². The lowest BCUT2D eigenvalue weighted by Crippen LogP contribution is -2.28. The molecule has 0 aliphatic heterocycles. The fraction of sp³-hybridized carbons (Fsp3) is 0.471. The molecule has 0 unspecified atom stereocenters. The van der Waals surface area contributed by atoms with Gasteiger partial charge in [-0.3, -0.25) is 9.89 Å². The van der Waals surface area contributed by atoms with E-state index in [-0.39, 0.29) is 11.9 Å². The van der Waals surface area contributed by atoms with Gasteiger partial charge >= 0.3 is 0 Å². The Kier molecular flexibility index (Phi) is 7.11. The maximum Gasteiger partial charge on any atom is 0.230 e. The third-order valence-corrected chi connectivity index (χ3v) is 4.33. The predicted molar refractivity (Wildman–Crippen MR) is 95.1 cm³/mol. The van der Waals surface area contributed by atoms with Gasteiger partial charge in [-0.1, -0.05) is 37.7 Å². The normalized spacial score (nSPS) is 12.2. The van der Waals surface area contributed by atoms with Crippen LogP contribution in [-0.2, 0) is 4.79 Å². The van der Waals surface area contributed by atoms with Gasteiger partial charge in [0.1, 0.15) is 12.1 Å². The van der Waals surface area contributed by atoms with Gasteiger partial charge in [0, 0.05) is 0 Å². The number of nitrogens with zero attached hydrogens (tertiary/aromatic N) is 2. The predicted octanol–water partition coefficient (Wildman–Crippen LogP) is 3.20. The fourth-order valence-corrected chi connectivity index (χ4v) is 2.62. The van der Waals surface area contributed by atoms with Crippen LogP contribution in [0.4, 0.5) is 0 Å². The second-order valence-electron chi connectivity index (χ2n) is 5.97. The minimum atomic E-state index is -0.0578. The Morgan fingerprint density at radius 3 is 2.67 bits per heavy atom. The van der Waals surface area contributed by atoms with Gasteiger partial charge < -0.3 is 10.1 Å². The molecule has 6 nitrogen and oxygen atoms in total. The Morgan fingerprint density at radius 2 is 2.04 bits per heavy atom. The highest BCUT2D eigenvalue weighted by atomic mass is 32.2. The molecule has 0 radical (unpaired) electrons. The highest BCUT2D eigenvalue weighted by Gasteiger charge is 2.11. The molecule has 2 rings (SSSR count). The van der Waals surface area contributed by atoms with E-state index < -0.39 is 0 Å². The number of ether oxygens (including phenoxy) is 1. The summed E-state index contributed by atoms with van der Waals surface area (Å²) in [7, 11) is 0. The third kappa shape index (κ3) is 6.23. The van der Waals surface area contributed by atoms with E-state index in [4.69, 9.17) is 4.74 Å². The van der Waals surface area contributed by atoms with E-state index in [0.29, 0.717) is 16.8 Å². The van der Waals surface area contributed by atoms with Crippen molar-refractivity contribution in [2.45, 2.75) is 38.4 Å². The molecular formula is C17H24N4O2S. The third-order valence-electron chi connectivity index (χ3n) is 3.45. The van der Waals surface area contributed by atoms with Crippen LogP contribution in [0.15, 0.2) is 35.7 Å². The maximum absolute atomic E-state index is 12.0. The molecule has 1 amide bonds. The number of nitrogens with one attached hydrogen (secondary N) is 2. The Labute approximate surface area is 146 Å². The second kappa shape index (κ2) is 9.32. The van der Waals surface area contributed by atoms with Crippen LogP contribution in [0.3, 0.4) is 0 Å². The topological polar surface area (TPSA) is 79.9 Å². The number of benzene rings is 1. The number of carbonyl (C=O) groups is 1. The first-order chi connectivity index (χ1) is 11.5. The molecule has 0 bridgehead atoms. The molecule has 7 heteroatoms. The molecule has 2 aromatic rings. The zero-order chi connectivity index (χ0) is 17.4. The summed E-state index contributed by atoms with van der Waals surface area (Å²) in [6.45, 7) is 7.04. The molecule has 0 saturated carbocycles. The van der Waals surface area contributed by atoms with Crippen LogP contribution in [0, 0.1) is 5.92 Å². The Balaban J connectivity index is 1.76. The number of H-pyrrole nitrogens is 1. The van der Waals surface area contributed by atoms with Crippen LogP contribution in [0.25, 0.3) is 0 Å². The summed E-state index contributed by atoms with van der Waals surface area (Å²) in [6, 6.07) is 7.80. The minimum Gasteiger partial charge on any atom is -0.494 e. The summed E-state index contributed by atoms with van der Waals surface area (Å²) in [5.41, 5.74) is 1.05. The number of amides is 1. The van der Waals surface area contributed by atoms with Gasteiger partial charge in [-0.25, -0.2) is 4.98 Å². The molecule has 1 aromatic heterocycles. The van der Waals surface area contributed by atoms with Gasteiger partial charge in [0.25, 0.3) is 0 Å². The monoisotopic (exact) mass is 348 g/mol. The van der Waals surface area contributed by atoms with E-state index >= 15 is 0 Å². The molecule has 0 spiro atoms. The summed E-state index contributed by atoms with van der Waals surface area (Å²) in [5.74, 6) is 1.75. The number of hydrogen-bond acceptors (Lipinski definition) is 5. The molecule has 0 fully saturated rings. The molecule has 2 N–H and O–H groups in total. The number of hydrogen-bond donors (Lipinski definition) is 2. The van der Waals surface area contributed by atoms with E-state index in [1.165, 1.54) is 18.1 Å². The van der Waals surface area contributed by atoms with E-state index in [2.05, 4.69) is 34.3 Å². The first-order valence-corrected chi connectivity index (χ1v) is 9.03. The van der Waals surface area contributed by atoms with Crippen LogP contribution in [0.5, 0.6) is 5.75 Å². The van der Waals surface area contributed by atoms with Crippen LogP contribution < -0.4 is 10.1 Å². The standard InChI is InChI=1S/C17H24N4O2S/c1-12(2)8-9-23-15-6-4-14(5-7-15)13(3)20-16(22)10-24-17-18-11-19-21-17/h4-7,11-13H,8-10H2,1-3H3,(H,20,22)(H,18,19,21)/t13-/m1/s1. The van der Waals surface area contributed by atoms with Crippen molar-refractivity contribution in [2.24, 2.45) is 5.92 Å². The Morgan fingerprint density at radius 1 is 1.29 bits per heavy atom. The molecular weight excluding hydrogens is 324 g/mol. The summed E-state index contributed by atoms with van der Waals surface area (Å²) in [4.78, 5) is 15.9. The highest BCUT2D eigenvalue weighted by Crippen LogP contribution is 2.19. The zero-order valence-corrected chi connectivity index (χ0v) is 15.1. The quantitative estimate of drug-likeness (QED) is 0.680. The molecule has 1 atom stereocenters. The lowest BCUT2D eigenvalue weighted by atomic mass is 10.1. The van der Waals surface area contributed by atoms with Gasteiger partial charge in [0.15, 0.2) is 5.16 Å². The van der Waals surface area contributed by atoms with Gasteiger partial charge in [0.2, 0.25) is 5.91 Å². The van der Waals surface area contributed by atoms with Crippen LogP contribution >= 0.6 is 11.8 Å². The summed E-state index contributed by atoms with van der Waals surface area (Å²) < 4.78 is 5.71. The maximum atomic E-state index is 12.0. The van der Waals surface area contributed by atoms with Gasteiger partial charge in [-0.2, -0.15) is 5.10 Å². The number of carbonyl (C=O) groups excluding carboxylic acids is 1. The van der Waals surface area contributed by atoms with Gasteiger partial charge in [-0.15, -0.1) is 0 Å². The smallest absolute Gasteiger partial charge is 0.230 e. The van der Waals surface area contributed by atoms with Crippen LogP contribution in [0.1, 0.15) is 38.8 Å². The van der Waals surface area contributed by atoms with Crippen molar-refractivity contribution < 1.29 is 9.53 Å². The number of rotatable bonds is 9. The van der Waals surface area contributed by atoms with Crippen molar-refractivity contribution in [1.82, 2.24) is 20.5 Å². The van der Waals surface area contributed by atoms with E-state index in [0.717, 1.165) is 24.3 Å². The largest absolute Gasteiger partial charge is 0.494 e. The van der Waals surface area contributed by atoms with Gasteiger partial charge in [0.05, 0.1) is 18.4 Å². The molecule has 130 valence electrons. The first kappa shape index (κ1) is 18.3. The van der Waals surface area contributed by atoms with Crippen molar-refractivity contribution in [3.63, 3.8) is 0 Å². The van der Waals surface area contributed by atoms with Crippen LogP contribution in [0.2, 0.25) is 0 Å². The molecule has 1 heterocycles. The first-order valence-electron chi connectivity index (χ1n) is 8.05. The van der Waals surface area contributed by atoms with Gasteiger partial charge in [-0.05, 0) is 37.0 Å². The van der Waals surface area contributed by atoms with Crippen molar-refractivity contribution >= 4 is 17.7 Å². The number of aromatic amines is 1.